The van der Waals surface area contributed by atoms with E-state index >= 15 is 0 Å². The van der Waals surface area contributed by atoms with Crippen molar-refractivity contribution in [3.8, 4) is 33.4 Å². The van der Waals surface area contributed by atoms with Crippen LogP contribution < -0.4 is 4.90 Å². The molecule has 2 heteroatoms. The van der Waals surface area contributed by atoms with Gasteiger partial charge in [0.05, 0.1) is 0 Å². The van der Waals surface area contributed by atoms with E-state index in [0.717, 1.165) is 11.4 Å². The molecule has 2 aliphatic carbocycles. The Bertz CT molecular complexity index is 2380. The molecule has 48 heavy (non-hydrogen) atoms. The van der Waals surface area contributed by atoms with Crippen molar-refractivity contribution in [3.63, 3.8) is 0 Å². The van der Waals surface area contributed by atoms with Gasteiger partial charge in [0.1, 0.15) is 0 Å². The highest BCUT2D eigenvalue weighted by Crippen LogP contribution is 2.55. The number of hydrogen-bond donors (Lipinski definition) is 0. The molecule has 2 aliphatic rings. The smallest absolute Gasteiger partial charge is 0.0491 e. The zero-order valence-electron chi connectivity index (χ0n) is 27.8. The van der Waals surface area contributed by atoms with Gasteiger partial charge in [-0.25, -0.2) is 0 Å². The van der Waals surface area contributed by atoms with Gasteiger partial charge in [0, 0.05) is 43.5 Å². The number of thiophene rings is 1. The third-order valence-electron chi connectivity index (χ3n) is 10.6. The van der Waals surface area contributed by atoms with E-state index in [-0.39, 0.29) is 5.41 Å². The van der Waals surface area contributed by atoms with Crippen LogP contribution >= 0.6 is 11.3 Å². The molecular weight excluding hydrogens is 599 g/mol. The Kier molecular flexibility index (Phi) is 6.61. The number of rotatable bonds is 5. The van der Waals surface area contributed by atoms with Crippen LogP contribution in [0.15, 0.2) is 140 Å². The van der Waals surface area contributed by atoms with Gasteiger partial charge >= 0.3 is 0 Å². The zero-order chi connectivity index (χ0) is 32.6. The molecule has 0 amide bonds. The Labute approximate surface area is 287 Å². The van der Waals surface area contributed by atoms with Gasteiger partial charge in [-0.15, -0.1) is 11.3 Å². The quantitative estimate of drug-likeness (QED) is 0.182. The predicted molar refractivity (Wildman–Crippen MR) is 207 cm³/mol. The van der Waals surface area contributed by atoms with Crippen molar-refractivity contribution in [3.05, 3.63) is 167 Å². The van der Waals surface area contributed by atoms with Crippen molar-refractivity contribution in [2.24, 2.45) is 0 Å². The summed E-state index contributed by atoms with van der Waals surface area (Å²) < 4.78 is 1.45. The number of hydrogen-bond acceptors (Lipinski definition) is 2. The fraction of sp³-hybridized carbons (Fsp3) is 0.130. The van der Waals surface area contributed by atoms with E-state index < -0.39 is 0 Å². The number of fused-ring (bicyclic) bond motifs is 7. The first-order chi connectivity index (χ1) is 23.4. The molecule has 9 rings (SSSR count). The third kappa shape index (κ3) is 4.43. The van der Waals surface area contributed by atoms with Gasteiger partial charge in [-0.2, -0.15) is 0 Å². The first kappa shape index (κ1) is 29.0. The largest absolute Gasteiger partial charge is 0.310 e. The lowest BCUT2D eigenvalue weighted by Gasteiger charge is -2.27. The molecule has 1 nitrogen and oxygen atoms in total. The van der Waals surface area contributed by atoms with E-state index in [9.17, 15) is 0 Å². The average Bonchev–Trinajstić information content (AvgIpc) is 3.75. The van der Waals surface area contributed by atoms with Gasteiger partial charge in [-0.05, 0) is 111 Å². The molecule has 0 N–H and O–H groups in total. The van der Waals surface area contributed by atoms with Crippen molar-refractivity contribution in [2.45, 2.75) is 39.0 Å². The maximum absolute atomic E-state index is 2.46. The van der Waals surface area contributed by atoms with Gasteiger partial charge in [0.15, 0.2) is 0 Å². The SMILES string of the molecule is Cc1cc(-c2ccc3c(c2)C(C)(C)c2ccc4c5c(sc4c2-3)C=CC5C)ccc1N(c1ccccc1)c1ccc(-c2ccccc2)cc1. The molecule has 1 atom stereocenters. The second-order valence-corrected chi connectivity index (χ2v) is 14.9. The Balaban J connectivity index is 1.10. The highest BCUT2D eigenvalue weighted by atomic mass is 32.1. The summed E-state index contributed by atoms with van der Waals surface area (Å²) in [5.41, 5.74) is 16.8. The summed E-state index contributed by atoms with van der Waals surface area (Å²) in [5.74, 6) is 0.487. The number of allylic oxidation sites excluding steroid dienone is 1. The minimum Gasteiger partial charge on any atom is -0.310 e. The van der Waals surface area contributed by atoms with Crippen molar-refractivity contribution < 1.29 is 0 Å². The molecule has 0 bridgehead atoms. The van der Waals surface area contributed by atoms with Crippen LogP contribution in [0.2, 0.25) is 0 Å². The summed E-state index contributed by atoms with van der Waals surface area (Å²) in [6.07, 6.45) is 4.66. The Morgan fingerprint density at radius 1 is 0.625 bits per heavy atom. The molecule has 0 aliphatic heterocycles. The normalized spacial score (nSPS) is 15.4. The molecule has 6 aromatic carbocycles. The van der Waals surface area contributed by atoms with Crippen LogP contribution in [0.25, 0.3) is 49.5 Å². The Hall–Kier alpha value is -5.18. The summed E-state index contributed by atoms with van der Waals surface area (Å²) in [5, 5.41) is 1.43. The van der Waals surface area contributed by atoms with E-state index in [2.05, 4.69) is 178 Å². The Morgan fingerprint density at radius 2 is 1.27 bits per heavy atom. The van der Waals surface area contributed by atoms with Crippen molar-refractivity contribution >= 4 is 44.6 Å². The van der Waals surface area contributed by atoms with Crippen LogP contribution in [0, 0.1) is 6.92 Å². The second-order valence-electron chi connectivity index (χ2n) is 13.9. The molecule has 0 saturated carbocycles. The zero-order valence-corrected chi connectivity index (χ0v) is 28.6. The monoisotopic (exact) mass is 635 g/mol. The molecule has 0 fully saturated rings. The second kappa shape index (κ2) is 10.9. The maximum atomic E-state index is 2.46. The number of aryl methyl sites for hydroxylation is 1. The molecular formula is C46H37NS. The van der Waals surface area contributed by atoms with Crippen LogP contribution in [0.3, 0.4) is 0 Å². The summed E-state index contributed by atoms with van der Waals surface area (Å²) in [4.78, 5) is 3.80. The molecule has 0 saturated heterocycles. The van der Waals surface area contributed by atoms with Gasteiger partial charge in [-0.1, -0.05) is 118 Å². The van der Waals surface area contributed by atoms with Gasteiger partial charge in [0.25, 0.3) is 0 Å². The fourth-order valence-electron chi connectivity index (χ4n) is 8.04. The molecule has 0 spiro atoms. The Morgan fingerprint density at radius 3 is 2.02 bits per heavy atom. The van der Waals surface area contributed by atoms with Crippen LogP contribution in [0.4, 0.5) is 17.1 Å². The lowest BCUT2D eigenvalue weighted by molar-refractivity contribution is 0.661. The first-order valence-corrected chi connectivity index (χ1v) is 17.7. The standard InChI is InChI=1S/C46H37NS/c1-29-15-26-42-43(29)38-23-24-39-44(45(38)48-42)37-22-18-34(28-40(37)46(39,3)4)33-19-25-41(30(2)27-33)47(35-13-9-6-10-14-35)36-20-16-32(17-21-36)31-11-7-5-8-12-31/h5-29H,1-4H3. The predicted octanol–water partition coefficient (Wildman–Crippen LogP) is 13.5. The van der Waals surface area contributed by atoms with Gasteiger partial charge in [0.2, 0.25) is 0 Å². The summed E-state index contributed by atoms with van der Waals surface area (Å²) in [7, 11) is 0. The summed E-state index contributed by atoms with van der Waals surface area (Å²) in [6, 6.07) is 49.1. The van der Waals surface area contributed by atoms with Crippen molar-refractivity contribution in [1.82, 2.24) is 0 Å². The van der Waals surface area contributed by atoms with Crippen molar-refractivity contribution in [2.75, 3.05) is 4.90 Å². The van der Waals surface area contributed by atoms with Crippen LogP contribution in [-0.2, 0) is 5.41 Å². The van der Waals surface area contributed by atoms with E-state index in [0.29, 0.717) is 5.92 Å². The molecule has 1 heterocycles. The fourth-order valence-corrected chi connectivity index (χ4v) is 9.42. The first-order valence-electron chi connectivity index (χ1n) is 16.9. The van der Waals surface area contributed by atoms with E-state index in [4.69, 9.17) is 0 Å². The number of anilines is 3. The minimum absolute atomic E-state index is 0.0598. The molecule has 232 valence electrons. The number of para-hydroxylation sites is 1. The molecule has 1 aromatic heterocycles. The summed E-state index contributed by atoms with van der Waals surface area (Å²) in [6.45, 7) is 9.35. The van der Waals surface area contributed by atoms with E-state index in [1.54, 1.807) is 0 Å². The van der Waals surface area contributed by atoms with Crippen molar-refractivity contribution in [1.29, 1.82) is 0 Å². The topological polar surface area (TPSA) is 3.24 Å². The van der Waals surface area contributed by atoms with Gasteiger partial charge < -0.3 is 4.90 Å². The lowest BCUT2D eigenvalue weighted by Crippen LogP contribution is -2.15. The number of nitrogens with zero attached hydrogens (tertiary/aromatic N) is 1. The number of benzene rings is 6. The molecule has 1 unspecified atom stereocenters. The molecule has 0 radical (unpaired) electrons. The maximum Gasteiger partial charge on any atom is 0.0491 e. The highest BCUT2D eigenvalue weighted by molar-refractivity contribution is 7.20. The van der Waals surface area contributed by atoms with E-state index in [1.807, 2.05) is 11.3 Å². The third-order valence-corrected chi connectivity index (χ3v) is 11.8. The van der Waals surface area contributed by atoms with Crippen LogP contribution in [0.1, 0.15) is 53.8 Å². The van der Waals surface area contributed by atoms with Crippen LogP contribution in [0.5, 0.6) is 0 Å². The van der Waals surface area contributed by atoms with E-state index in [1.165, 1.54) is 76.3 Å². The van der Waals surface area contributed by atoms with Crippen LogP contribution in [-0.4, -0.2) is 0 Å². The minimum atomic E-state index is -0.0598. The van der Waals surface area contributed by atoms with Gasteiger partial charge in [-0.3, -0.25) is 0 Å². The lowest BCUT2D eigenvalue weighted by atomic mass is 9.81. The summed E-state index contributed by atoms with van der Waals surface area (Å²) >= 11 is 1.97. The molecule has 7 aromatic rings. The highest BCUT2D eigenvalue weighted by Gasteiger charge is 2.38. The average molecular weight is 636 g/mol.